The first-order chi connectivity index (χ1) is 9.49. The molecule has 0 aromatic heterocycles. The van der Waals surface area contributed by atoms with Gasteiger partial charge in [-0.25, -0.2) is 4.39 Å². The number of hydrogen-bond acceptors (Lipinski definition) is 2. The van der Waals surface area contributed by atoms with E-state index in [0.29, 0.717) is 15.2 Å². The number of hydrogen-bond donors (Lipinski definition) is 1. The zero-order chi connectivity index (χ0) is 14.7. The largest absolute Gasteiger partial charge is 0.487 e. The normalized spacial score (nSPS) is 12.2. The van der Waals surface area contributed by atoms with Gasteiger partial charge in [-0.2, -0.15) is 0 Å². The van der Waals surface area contributed by atoms with Gasteiger partial charge >= 0.3 is 0 Å². The van der Waals surface area contributed by atoms with Gasteiger partial charge in [0.05, 0.1) is 9.50 Å². The second-order valence-electron chi connectivity index (χ2n) is 4.48. The molecule has 0 aliphatic heterocycles. The fourth-order valence-corrected chi connectivity index (χ4v) is 2.36. The number of ether oxygens (including phenoxy) is 1. The van der Waals surface area contributed by atoms with Crippen LogP contribution in [0.4, 0.5) is 4.39 Å². The van der Waals surface area contributed by atoms with Crippen LogP contribution in [0.5, 0.6) is 5.75 Å². The van der Waals surface area contributed by atoms with Gasteiger partial charge in [-0.05, 0) is 46.6 Å². The zero-order valence-corrected chi connectivity index (χ0v) is 13.2. The Morgan fingerprint density at radius 2 is 2.10 bits per heavy atom. The van der Waals surface area contributed by atoms with Gasteiger partial charge in [0.15, 0.2) is 0 Å². The summed E-state index contributed by atoms with van der Waals surface area (Å²) in [7, 11) is 0. The zero-order valence-electron chi connectivity index (χ0n) is 10.9. The minimum atomic E-state index is -0.315. The van der Waals surface area contributed by atoms with E-state index in [9.17, 15) is 4.39 Å². The van der Waals surface area contributed by atoms with Crippen LogP contribution in [0.25, 0.3) is 0 Å². The molecule has 1 unspecified atom stereocenters. The van der Waals surface area contributed by atoms with Crippen molar-refractivity contribution in [2.75, 3.05) is 0 Å². The van der Waals surface area contributed by atoms with Gasteiger partial charge in [-0.1, -0.05) is 29.8 Å². The third-order valence-electron chi connectivity index (χ3n) is 2.90. The number of halogens is 3. The van der Waals surface area contributed by atoms with E-state index in [-0.39, 0.29) is 18.5 Å². The van der Waals surface area contributed by atoms with E-state index < -0.39 is 0 Å². The maximum Gasteiger partial charge on any atom is 0.138 e. The third-order valence-corrected chi connectivity index (χ3v) is 4.08. The number of nitrogens with two attached hydrogens (primary N) is 1. The lowest BCUT2D eigenvalue weighted by atomic mass is 10.1. The van der Waals surface area contributed by atoms with Gasteiger partial charge in [0.2, 0.25) is 0 Å². The molecule has 0 aliphatic carbocycles. The van der Waals surface area contributed by atoms with Gasteiger partial charge in [0, 0.05) is 11.6 Å². The van der Waals surface area contributed by atoms with Crippen molar-refractivity contribution in [3.8, 4) is 5.75 Å². The van der Waals surface area contributed by atoms with Crippen LogP contribution in [-0.4, -0.2) is 0 Å². The molecule has 0 aliphatic rings. The highest BCUT2D eigenvalue weighted by Gasteiger charge is 2.09. The number of rotatable bonds is 4. The Labute approximate surface area is 130 Å². The molecule has 2 N–H and O–H groups in total. The lowest BCUT2D eigenvalue weighted by molar-refractivity contribution is 0.304. The van der Waals surface area contributed by atoms with Gasteiger partial charge in [0.1, 0.15) is 18.2 Å². The van der Waals surface area contributed by atoms with Crippen LogP contribution >= 0.6 is 27.5 Å². The molecule has 5 heteroatoms. The van der Waals surface area contributed by atoms with E-state index in [2.05, 4.69) is 15.9 Å². The summed E-state index contributed by atoms with van der Waals surface area (Å²) in [4.78, 5) is 0. The maximum absolute atomic E-state index is 13.4. The molecule has 1 atom stereocenters. The molecular weight excluding hydrogens is 345 g/mol. The van der Waals surface area contributed by atoms with Crippen LogP contribution in [0.15, 0.2) is 40.9 Å². The standard InChI is InChI=1S/C15H14BrClFNO/c1-9(19)10-5-6-14(12(17)7-10)20-8-11-3-2-4-13(18)15(11)16/h2-7,9H,8,19H2,1H3. The molecule has 0 saturated heterocycles. The summed E-state index contributed by atoms with van der Waals surface area (Å²) < 4.78 is 19.4. The molecule has 2 rings (SSSR count). The quantitative estimate of drug-likeness (QED) is 0.848. The van der Waals surface area contributed by atoms with Crippen molar-refractivity contribution in [1.82, 2.24) is 0 Å². The molecule has 0 radical (unpaired) electrons. The highest BCUT2D eigenvalue weighted by Crippen LogP contribution is 2.29. The van der Waals surface area contributed by atoms with E-state index in [1.165, 1.54) is 6.07 Å². The Balaban J connectivity index is 2.13. The van der Waals surface area contributed by atoms with E-state index in [1.807, 2.05) is 13.0 Å². The van der Waals surface area contributed by atoms with Crippen LogP contribution < -0.4 is 10.5 Å². The van der Waals surface area contributed by atoms with Crippen molar-refractivity contribution in [2.24, 2.45) is 5.73 Å². The fraction of sp³-hybridized carbons (Fsp3) is 0.200. The van der Waals surface area contributed by atoms with Crippen LogP contribution in [0.3, 0.4) is 0 Å². The smallest absolute Gasteiger partial charge is 0.138 e. The topological polar surface area (TPSA) is 35.2 Å². The Morgan fingerprint density at radius 1 is 1.35 bits per heavy atom. The van der Waals surface area contributed by atoms with Crippen molar-refractivity contribution in [1.29, 1.82) is 0 Å². The summed E-state index contributed by atoms with van der Waals surface area (Å²) in [6.45, 7) is 2.12. The average Bonchev–Trinajstić information content (AvgIpc) is 2.41. The van der Waals surface area contributed by atoms with Crippen LogP contribution in [0, 0.1) is 5.82 Å². The molecular formula is C15H14BrClFNO. The minimum absolute atomic E-state index is 0.0843. The summed E-state index contributed by atoms with van der Waals surface area (Å²) in [6, 6.07) is 10.1. The Bertz CT molecular complexity index is 619. The molecule has 2 nitrogen and oxygen atoms in total. The highest BCUT2D eigenvalue weighted by molar-refractivity contribution is 9.10. The van der Waals surface area contributed by atoms with Gasteiger partial charge < -0.3 is 10.5 Å². The fourth-order valence-electron chi connectivity index (χ4n) is 1.73. The molecule has 0 spiro atoms. The summed E-state index contributed by atoms with van der Waals surface area (Å²) >= 11 is 9.34. The summed E-state index contributed by atoms with van der Waals surface area (Å²) in [5.41, 5.74) is 7.45. The summed E-state index contributed by atoms with van der Waals surface area (Å²) in [5, 5.41) is 0.493. The first kappa shape index (κ1) is 15.3. The lowest BCUT2D eigenvalue weighted by Crippen LogP contribution is -2.05. The van der Waals surface area contributed by atoms with E-state index in [0.717, 1.165) is 11.1 Å². The van der Waals surface area contributed by atoms with Crippen molar-refractivity contribution in [3.63, 3.8) is 0 Å². The second kappa shape index (κ2) is 6.57. The monoisotopic (exact) mass is 357 g/mol. The lowest BCUT2D eigenvalue weighted by Gasteiger charge is -2.12. The molecule has 20 heavy (non-hydrogen) atoms. The second-order valence-corrected chi connectivity index (χ2v) is 5.68. The molecule has 2 aromatic carbocycles. The molecule has 0 amide bonds. The van der Waals surface area contributed by atoms with E-state index in [4.69, 9.17) is 22.1 Å². The van der Waals surface area contributed by atoms with Gasteiger partial charge in [-0.3, -0.25) is 0 Å². The Kier molecular flexibility index (Phi) is 5.02. The molecule has 2 aromatic rings. The predicted molar refractivity (Wildman–Crippen MR) is 82.5 cm³/mol. The first-order valence-electron chi connectivity index (χ1n) is 6.09. The summed E-state index contributed by atoms with van der Waals surface area (Å²) in [6.07, 6.45) is 0. The average molecular weight is 359 g/mol. The van der Waals surface area contributed by atoms with Crippen molar-refractivity contribution >= 4 is 27.5 Å². The third kappa shape index (κ3) is 3.51. The first-order valence-corrected chi connectivity index (χ1v) is 7.27. The van der Waals surface area contributed by atoms with Crippen molar-refractivity contribution < 1.29 is 9.13 Å². The minimum Gasteiger partial charge on any atom is -0.487 e. The maximum atomic E-state index is 13.4. The van der Waals surface area contributed by atoms with Crippen LogP contribution in [-0.2, 0) is 6.61 Å². The van der Waals surface area contributed by atoms with Crippen LogP contribution in [0.2, 0.25) is 5.02 Å². The molecule has 0 bridgehead atoms. The van der Waals surface area contributed by atoms with Crippen molar-refractivity contribution in [2.45, 2.75) is 19.6 Å². The molecule has 0 saturated carbocycles. The van der Waals surface area contributed by atoms with Gasteiger partial charge in [0.25, 0.3) is 0 Å². The van der Waals surface area contributed by atoms with Crippen molar-refractivity contribution in [3.05, 3.63) is 62.8 Å². The Morgan fingerprint density at radius 3 is 2.75 bits per heavy atom. The molecule has 106 valence electrons. The van der Waals surface area contributed by atoms with E-state index in [1.54, 1.807) is 24.3 Å². The van der Waals surface area contributed by atoms with Crippen LogP contribution in [0.1, 0.15) is 24.1 Å². The molecule has 0 fully saturated rings. The highest BCUT2D eigenvalue weighted by atomic mass is 79.9. The summed E-state index contributed by atoms with van der Waals surface area (Å²) in [5.74, 6) is 0.233. The SMILES string of the molecule is CC(N)c1ccc(OCc2cccc(F)c2Br)c(Cl)c1. The number of benzene rings is 2. The van der Waals surface area contributed by atoms with E-state index >= 15 is 0 Å². The van der Waals surface area contributed by atoms with Gasteiger partial charge in [-0.15, -0.1) is 0 Å². The predicted octanol–water partition coefficient (Wildman–Crippen LogP) is 4.84. The molecule has 0 heterocycles. The Hall–Kier alpha value is -1.10.